The zero-order chi connectivity index (χ0) is 15.3. The molecule has 0 spiro atoms. The second kappa shape index (κ2) is 12.3. The Hall–Kier alpha value is -0.240. The molecular formula is C15H31NO5. The number of nitrogens with one attached hydrogen (secondary N) is 1. The van der Waals surface area contributed by atoms with Crippen molar-refractivity contribution in [3.05, 3.63) is 0 Å². The topological polar surface area (TPSA) is 58.2 Å². The summed E-state index contributed by atoms with van der Waals surface area (Å²) in [6.45, 7) is 6.97. The summed E-state index contributed by atoms with van der Waals surface area (Å²) < 4.78 is 27.1. The Kier molecular flexibility index (Phi) is 11.0. The Balaban J connectivity index is 2.08. The van der Waals surface area contributed by atoms with Gasteiger partial charge in [0.15, 0.2) is 0 Å². The molecular weight excluding hydrogens is 274 g/mol. The van der Waals surface area contributed by atoms with E-state index in [1.165, 1.54) is 0 Å². The van der Waals surface area contributed by atoms with E-state index in [9.17, 15) is 0 Å². The average Bonchev–Trinajstić information content (AvgIpc) is 2.48. The average molecular weight is 305 g/mol. The molecule has 1 rings (SSSR count). The van der Waals surface area contributed by atoms with Gasteiger partial charge in [-0.3, -0.25) is 0 Å². The number of hydrogen-bond acceptors (Lipinski definition) is 6. The Morgan fingerprint density at radius 1 is 0.905 bits per heavy atom. The second-order valence-corrected chi connectivity index (χ2v) is 5.10. The van der Waals surface area contributed by atoms with Crippen molar-refractivity contribution in [2.75, 3.05) is 60.4 Å². The summed E-state index contributed by atoms with van der Waals surface area (Å²) in [6, 6.07) is 0.388. The van der Waals surface area contributed by atoms with Gasteiger partial charge in [-0.25, -0.2) is 0 Å². The molecule has 1 N–H and O–H groups in total. The maximum absolute atomic E-state index is 5.84. The molecule has 3 atom stereocenters. The molecule has 3 unspecified atom stereocenters. The molecule has 0 aromatic heterocycles. The van der Waals surface area contributed by atoms with Crippen LogP contribution >= 0.6 is 0 Å². The number of ether oxygens (including phenoxy) is 5. The fourth-order valence-corrected chi connectivity index (χ4v) is 2.36. The van der Waals surface area contributed by atoms with Crippen LogP contribution in [-0.4, -0.2) is 78.7 Å². The monoisotopic (exact) mass is 305 g/mol. The van der Waals surface area contributed by atoms with Crippen molar-refractivity contribution in [1.82, 2.24) is 5.32 Å². The molecule has 126 valence electrons. The molecule has 1 aliphatic carbocycles. The van der Waals surface area contributed by atoms with Gasteiger partial charge < -0.3 is 29.0 Å². The first kappa shape index (κ1) is 18.8. The van der Waals surface area contributed by atoms with Gasteiger partial charge in [0.2, 0.25) is 0 Å². The van der Waals surface area contributed by atoms with Crippen LogP contribution in [0, 0.1) is 0 Å². The van der Waals surface area contributed by atoms with E-state index in [1.54, 1.807) is 14.2 Å². The molecule has 6 heteroatoms. The Labute approximate surface area is 128 Å². The molecule has 21 heavy (non-hydrogen) atoms. The second-order valence-electron chi connectivity index (χ2n) is 5.10. The van der Waals surface area contributed by atoms with Gasteiger partial charge in [-0.05, 0) is 19.4 Å². The van der Waals surface area contributed by atoms with E-state index in [-0.39, 0.29) is 12.2 Å². The molecule has 0 aromatic rings. The summed E-state index contributed by atoms with van der Waals surface area (Å²) >= 11 is 0. The smallest absolute Gasteiger partial charge is 0.0991 e. The van der Waals surface area contributed by atoms with Crippen molar-refractivity contribution < 1.29 is 23.7 Å². The van der Waals surface area contributed by atoms with E-state index >= 15 is 0 Å². The van der Waals surface area contributed by atoms with Gasteiger partial charge >= 0.3 is 0 Å². The molecule has 6 nitrogen and oxygen atoms in total. The van der Waals surface area contributed by atoms with E-state index in [0.29, 0.717) is 32.5 Å². The zero-order valence-corrected chi connectivity index (χ0v) is 13.6. The van der Waals surface area contributed by atoms with Gasteiger partial charge in [0, 0.05) is 33.5 Å². The van der Waals surface area contributed by atoms with E-state index < -0.39 is 0 Å². The Morgan fingerprint density at radius 2 is 1.67 bits per heavy atom. The van der Waals surface area contributed by atoms with Gasteiger partial charge in [-0.2, -0.15) is 0 Å². The van der Waals surface area contributed by atoms with E-state index in [1.807, 2.05) is 0 Å². The Morgan fingerprint density at radius 3 is 2.38 bits per heavy atom. The number of hydrogen-bond donors (Lipinski definition) is 1. The van der Waals surface area contributed by atoms with Crippen LogP contribution in [0.2, 0.25) is 0 Å². The highest BCUT2D eigenvalue weighted by Gasteiger charge is 2.42. The lowest BCUT2D eigenvalue weighted by atomic mass is 9.85. The standard InChI is InChI=1S/C15H31NO5/c1-4-16-13-12-14(15(13)21-10-8-18-3)20-11-9-19-7-5-6-17-2/h13-16H,4-12H2,1-3H3. The normalized spacial score (nSPS) is 25.0. The van der Waals surface area contributed by atoms with Gasteiger partial charge in [0.05, 0.1) is 38.6 Å². The van der Waals surface area contributed by atoms with Crippen LogP contribution in [0.4, 0.5) is 0 Å². The fraction of sp³-hybridized carbons (Fsp3) is 1.00. The minimum atomic E-state index is 0.119. The highest BCUT2D eigenvalue weighted by atomic mass is 16.6. The molecule has 0 radical (unpaired) electrons. The number of rotatable bonds is 14. The van der Waals surface area contributed by atoms with Gasteiger partial charge in [0.25, 0.3) is 0 Å². The van der Waals surface area contributed by atoms with Crippen molar-refractivity contribution in [3.8, 4) is 0 Å². The molecule has 0 aliphatic heterocycles. The highest BCUT2D eigenvalue weighted by Crippen LogP contribution is 2.27. The van der Waals surface area contributed by atoms with Gasteiger partial charge in [0.1, 0.15) is 0 Å². The fourth-order valence-electron chi connectivity index (χ4n) is 2.36. The molecule has 1 fully saturated rings. The van der Waals surface area contributed by atoms with Crippen LogP contribution in [0.15, 0.2) is 0 Å². The predicted molar refractivity (Wildman–Crippen MR) is 80.7 cm³/mol. The predicted octanol–water partition coefficient (Wildman–Crippen LogP) is 0.838. The van der Waals surface area contributed by atoms with Crippen molar-refractivity contribution in [1.29, 1.82) is 0 Å². The van der Waals surface area contributed by atoms with Gasteiger partial charge in [-0.15, -0.1) is 0 Å². The van der Waals surface area contributed by atoms with Crippen LogP contribution < -0.4 is 5.32 Å². The van der Waals surface area contributed by atoms with Crippen molar-refractivity contribution in [3.63, 3.8) is 0 Å². The lowest BCUT2D eigenvalue weighted by Gasteiger charge is -2.44. The maximum Gasteiger partial charge on any atom is 0.0991 e. The van der Waals surface area contributed by atoms with Crippen LogP contribution in [0.1, 0.15) is 19.8 Å². The summed E-state index contributed by atoms with van der Waals surface area (Å²) in [6.07, 6.45) is 2.20. The van der Waals surface area contributed by atoms with Crippen molar-refractivity contribution in [2.24, 2.45) is 0 Å². The Bertz CT molecular complexity index is 242. The quantitative estimate of drug-likeness (QED) is 0.480. The molecule has 0 bridgehead atoms. The van der Waals surface area contributed by atoms with Gasteiger partial charge in [-0.1, -0.05) is 6.92 Å². The third kappa shape index (κ3) is 7.54. The molecule has 1 aliphatic rings. The van der Waals surface area contributed by atoms with Crippen molar-refractivity contribution >= 4 is 0 Å². The SMILES string of the molecule is CCNC1CC(OCCOCCCOC)C1OCCOC. The van der Waals surface area contributed by atoms with E-state index in [4.69, 9.17) is 23.7 Å². The zero-order valence-electron chi connectivity index (χ0n) is 13.6. The first-order valence-electron chi connectivity index (χ1n) is 7.85. The number of likely N-dealkylation sites (N-methyl/N-ethyl adjacent to an activating group) is 1. The summed E-state index contributed by atoms with van der Waals surface area (Å²) in [4.78, 5) is 0. The molecule has 0 amide bonds. The number of methoxy groups -OCH3 is 2. The molecule has 1 saturated carbocycles. The summed E-state index contributed by atoms with van der Waals surface area (Å²) in [5.41, 5.74) is 0. The van der Waals surface area contributed by atoms with Crippen LogP contribution in [-0.2, 0) is 23.7 Å². The molecule has 0 saturated heterocycles. The van der Waals surface area contributed by atoms with E-state index in [0.717, 1.165) is 32.6 Å². The molecule has 0 heterocycles. The molecule has 0 aromatic carbocycles. The first-order chi connectivity index (χ1) is 10.3. The third-order valence-electron chi connectivity index (χ3n) is 3.51. The van der Waals surface area contributed by atoms with Crippen LogP contribution in [0.5, 0.6) is 0 Å². The first-order valence-corrected chi connectivity index (χ1v) is 7.85. The lowest BCUT2D eigenvalue weighted by molar-refractivity contribution is -0.157. The van der Waals surface area contributed by atoms with E-state index in [2.05, 4.69) is 12.2 Å². The van der Waals surface area contributed by atoms with Crippen LogP contribution in [0.3, 0.4) is 0 Å². The summed E-state index contributed by atoms with van der Waals surface area (Å²) in [7, 11) is 3.38. The summed E-state index contributed by atoms with van der Waals surface area (Å²) in [5, 5.41) is 3.42. The summed E-state index contributed by atoms with van der Waals surface area (Å²) in [5.74, 6) is 0. The van der Waals surface area contributed by atoms with Crippen LogP contribution in [0.25, 0.3) is 0 Å². The largest absolute Gasteiger partial charge is 0.385 e. The highest BCUT2D eigenvalue weighted by molar-refractivity contribution is 4.97. The maximum atomic E-state index is 5.84. The third-order valence-corrected chi connectivity index (χ3v) is 3.51. The lowest BCUT2D eigenvalue weighted by Crippen LogP contribution is -2.60. The minimum absolute atomic E-state index is 0.119. The van der Waals surface area contributed by atoms with Crippen molar-refractivity contribution in [2.45, 2.75) is 38.0 Å². The minimum Gasteiger partial charge on any atom is -0.385 e.